The quantitative estimate of drug-likeness (QED) is 0.636. The number of rotatable bonds is 2. The van der Waals surface area contributed by atoms with E-state index < -0.39 is 7.80 Å². The van der Waals surface area contributed by atoms with E-state index in [1.807, 2.05) is 72.8 Å². The fourth-order valence-corrected chi connectivity index (χ4v) is 3.45. The summed E-state index contributed by atoms with van der Waals surface area (Å²) in [4.78, 5) is 0. The molecule has 0 saturated heterocycles. The van der Waals surface area contributed by atoms with Crippen LogP contribution >= 0.6 is 7.80 Å². The summed E-state index contributed by atoms with van der Waals surface area (Å²) in [5.41, 5.74) is 0. The molecule has 1 atom stereocenters. The van der Waals surface area contributed by atoms with Gasteiger partial charge in [0.25, 0.3) is 0 Å². The molecular formula is C16H12OP+. The first-order chi connectivity index (χ1) is 8.86. The van der Waals surface area contributed by atoms with Crippen molar-refractivity contribution in [2.75, 3.05) is 0 Å². The molecule has 3 aromatic rings. The molecule has 0 aliphatic rings. The van der Waals surface area contributed by atoms with Gasteiger partial charge in [-0.3, -0.25) is 0 Å². The van der Waals surface area contributed by atoms with Gasteiger partial charge in [-0.05, 0) is 29.7 Å². The van der Waals surface area contributed by atoms with Crippen LogP contribution in [0.2, 0.25) is 0 Å². The molecule has 1 nitrogen and oxygen atoms in total. The average Bonchev–Trinajstić information content (AvgIpc) is 2.47. The second-order valence-electron chi connectivity index (χ2n) is 4.13. The van der Waals surface area contributed by atoms with E-state index in [1.54, 1.807) is 0 Å². The van der Waals surface area contributed by atoms with Crippen LogP contribution in [0, 0.1) is 0 Å². The van der Waals surface area contributed by atoms with E-state index in [-0.39, 0.29) is 0 Å². The summed E-state index contributed by atoms with van der Waals surface area (Å²) in [6.07, 6.45) is 0. The lowest BCUT2D eigenvalue weighted by Crippen LogP contribution is -2.07. The molecule has 0 bridgehead atoms. The van der Waals surface area contributed by atoms with Crippen LogP contribution in [-0.4, -0.2) is 0 Å². The van der Waals surface area contributed by atoms with Crippen molar-refractivity contribution in [3.8, 4) is 0 Å². The van der Waals surface area contributed by atoms with Gasteiger partial charge >= 0.3 is 7.80 Å². The van der Waals surface area contributed by atoms with Crippen LogP contribution in [0.4, 0.5) is 0 Å². The SMILES string of the molecule is O=[P+](c1ccccc1)c1cccc2ccccc12. The van der Waals surface area contributed by atoms with Crippen molar-refractivity contribution in [1.29, 1.82) is 0 Å². The standard InChI is InChI=1S/C16H12OP/c17-18(14-9-2-1-3-10-14)16-12-6-8-13-7-4-5-11-15(13)16/h1-12H/q+1. The van der Waals surface area contributed by atoms with E-state index in [4.69, 9.17) is 0 Å². The van der Waals surface area contributed by atoms with Gasteiger partial charge in [-0.2, -0.15) is 0 Å². The number of hydrogen-bond acceptors (Lipinski definition) is 1. The van der Waals surface area contributed by atoms with Gasteiger partial charge in [-0.25, -0.2) is 0 Å². The predicted molar refractivity (Wildman–Crippen MR) is 77.3 cm³/mol. The van der Waals surface area contributed by atoms with E-state index in [0.717, 1.165) is 21.4 Å². The zero-order valence-electron chi connectivity index (χ0n) is 9.78. The fourth-order valence-electron chi connectivity index (χ4n) is 2.09. The second kappa shape index (κ2) is 4.72. The Kier molecular flexibility index (Phi) is 2.92. The van der Waals surface area contributed by atoms with Crippen molar-refractivity contribution in [3.63, 3.8) is 0 Å². The third-order valence-electron chi connectivity index (χ3n) is 2.98. The molecule has 0 aliphatic carbocycles. The van der Waals surface area contributed by atoms with Gasteiger partial charge in [0, 0.05) is 5.39 Å². The Morgan fingerprint density at radius 3 is 2.17 bits per heavy atom. The maximum atomic E-state index is 12.6. The minimum atomic E-state index is -1.52. The van der Waals surface area contributed by atoms with Crippen molar-refractivity contribution in [2.24, 2.45) is 0 Å². The van der Waals surface area contributed by atoms with Crippen LogP contribution in [0.15, 0.2) is 72.8 Å². The number of benzene rings is 3. The number of hydrogen-bond donors (Lipinski definition) is 0. The minimum absolute atomic E-state index is 0.879. The zero-order chi connectivity index (χ0) is 12.4. The molecule has 0 saturated carbocycles. The Morgan fingerprint density at radius 2 is 1.33 bits per heavy atom. The van der Waals surface area contributed by atoms with Gasteiger partial charge < -0.3 is 0 Å². The maximum Gasteiger partial charge on any atom is 0.415 e. The van der Waals surface area contributed by atoms with Crippen molar-refractivity contribution in [2.45, 2.75) is 0 Å². The third-order valence-corrected chi connectivity index (χ3v) is 4.57. The largest absolute Gasteiger partial charge is 0.415 e. The first kappa shape index (κ1) is 11.1. The summed E-state index contributed by atoms with van der Waals surface area (Å²) in [5.74, 6) is 0. The summed E-state index contributed by atoms with van der Waals surface area (Å²) in [6, 6.07) is 23.7. The molecule has 0 aromatic heterocycles. The fraction of sp³-hybridized carbons (Fsp3) is 0. The summed E-state index contributed by atoms with van der Waals surface area (Å²) >= 11 is 0. The average molecular weight is 251 g/mol. The van der Waals surface area contributed by atoms with Crippen molar-refractivity contribution in [3.05, 3.63) is 72.8 Å². The summed E-state index contributed by atoms with van der Waals surface area (Å²) in [7, 11) is -1.52. The highest BCUT2D eigenvalue weighted by atomic mass is 31.1. The van der Waals surface area contributed by atoms with Gasteiger partial charge in [-0.15, -0.1) is 0 Å². The van der Waals surface area contributed by atoms with E-state index >= 15 is 0 Å². The Labute approximate surface area is 107 Å². The van der Waals surface area contributed by atoms with Crippen LogP contribution in [0.1, 0.15) is 0 Å². The molecule has 0 spiro atoms. The Balaban J connectivity index is 2.18. The van der Waals surface area contributed by atoms with Crippen LogP contribution in [-0.2, 0) is 4.57 Å². The van der Waals surface area contributed by atoms with Crippen LogP contribution in [0.3, 0.4) is 0 Å². The molecular weight excluding hydrogens is 239 g/mol. The van der Waals surface area contributed by atoms with Crippen molar-refractivity contribution < 1.29 is 4.57 Å². The van der Waals surface area contributed by atoms with Crippen LogP contribution in [0.5, 0.6) is 0 Å². The van der Waals surface area contributed by atoms with Gasteiger partial charge in [-0.1, -0.05) is 53.1 Å². The molecule has 0 amide bonds. The van der Waals surface area contributed by atoms with Gasteiger partial charge in [0.05, 0.1) is 0 Å². The molecule has 3 rings (SSSR count). The molecule has 0 fully saturated rings. The Bertz CT molecular complexity index is 699. The summed E-state index contributed by atoms with van der Waals surface area (Å²) in [6.45, 7) is 0. The van der Waals surface area contributed by atoms with Crippen LogP contribution < -0.4 is 10.6 Å². The maximum absolute atomic E-state index is 12.6. The predicted octanol–water partition coefficient (Wildman–Crippen LogP) is 3.62. The van der Waals surface area contributed by atoms with Gasteiger partial charge in [0.2, 0.25) is 5.30 Å². The topological polar surface area (TPSA) is 17.1 Å². The molecule has 0 radical (unpaired) electrons. The van der Waals surface area contributed by atoms with E-state index in [0.29, 0.717) is 0 Å². The normalized spacial score (nSPS) is 11.4. The monoisotopic (exact) mass is 251 g/mol. The highest BCUT2D eigenvalue weighted by molar-refractivity contribution is 7.62. The molecule has 1 unspecified atom stereocenters. The molecule has 18 heavy (non-hydrogen) atoms. The van der Waals surface area contributed by atoms with Gasteiger partial charge in [0.15, 0.2) is 5.30 Å². The molecule has 0 N–H and O–H groups in total. The molecule has 0 heterocycles. The van der Waals surface area contributed by atoms with Crippen molar-refractivity contribution >= 4 is 29.2 Å². The van der Waals surface area contributed by atoms with Crippen molar-refractivity contribution in [1.82, 2.24) is 0 Å². The third kappa shape index (κ3) is 1.94. The molecule has 3 aromatic carbocycles. The number of fused-ring (bicyclic) bond motifs is 1. The first-order valence-electron chi connectivity index (χ1n) is 5.86. The smallest absolute Gasteiger partial charge is 0.0619 e. The Hall–Kier alpha value is -1.98. The van der Waals surface area contributed by atoms with Crippen LogP contribution in [0.25, 0.3) is 10.8 Å². The lowest BCUT2D eigenvalue weighted by Gasteiger charge is -1.97. The van der Waals surface area contributed by atoms with E-state index in [9.17, 15) is 4.57 Å². The molecule has 2 heteroatoms. The van der Waals surface area contributed by atoms with E-state index in [1.165, 1.54) is 0 Å². The lowest BCUT2D eigenvalue weighted by molar-refractivity contribution is 0.598. The van der Waals surface area contributed by atoms with Gasteiger partial charge in [0.1, 0.15) is 0 Å². The second-order valence-corrected chi connectivity index (χ2v) is 5.72. The molecule has 86 valence electrons. The highest BCUT2D eigenvalue weighted by Gasteiger charge is 2.24. The first-order valence-corrected chi connectivity index (χ1v) is 7.12. The summed E-state index contributed by atoms with van der Waals surface area (Å²) in [5, 5.41) is 4.00. The molecule has 0 aliphatic heterocycles. The Morgan fingerprint density at radius 1 is 0.667 bits per heavy atom. The van der Waals surface area contributed by atoms with E-state index in [2.05, 4.69) is 0 Å². The minimum Gasteiger partial charge on any atom is -0.0619 e. The zero-order valence-corrected chi connectivity index (χ0v) is 10.7. The highest BCUT2D eigenvalue weighted by Crippen LogP contribution is 2.24. The summed E-state index contributed by atoms with van der Waals surface area (Å²) < 4.78 is 12.6. The lowest BCUT2D eigenvalue weighted by atomic mass is 10.1.